The van der Waals surface area contributed by atoms with Gasteiger partial charge in [0.05, 0.1) is 24.4 Å². The molecular formula is C21H22F3N5O2. The number of nitrogens with zero attached hydrogens (tertiary/aromatic N) is 5. The molecule has 10 heteroatoms. The van der Waals surface area contributed by atoms with Gasteiger partial charge in [-0.2, -0.15) is 5.10 Å². The Kier molecular flexibility index (Phi) is 6.67. The Morgan fingerprint density at radius 3 is 2.55 bits per heavy atom. The lowest BCUT2D eigenvalue weighted by molar-refractivity contribution is -0.171. The zero-order valence-electron chi connectivity index (χ0n) is 17.3. The highest BCUT2D eigenvalue weighted by Gasteiger charge is 2.47. The molecule has 0 aliphatic carbocycles. The summed E-state index contributed by atoms with van der Waals surface area (Å²) in [5, 5.41) is 4.04. The average molecular weight is 433 g/mol. The SMILES string of the molecule is CCC(C)C(=O)O[C@@](Cn1cncn1)(c1ccc(F)cc1F)C(C)c1ncncc1F. The van der Waals surface area contributed by atoms with Gasteiger partial charge in [0, 0.05) is 17.5 Å². The fourth-order valence-electron chi connectivity index (χ4n) is 3.33. The van der Waals surface area contributed by atoms with E-state index in [-0.39, 0.29) is 17.8 Å². The molecule has 0 saturated carbocycles. The van der Waals surface area contributed by atoms with Gasteiger partial charge in [-0.25, -0.2) is 32.8 Å². The van der Waals surface area contributed by atoms with Crippen molar-refractivity contribution in [3.8, 4) is 0 Å². The summed E-state index contributed by atoms with van der Waals surface area (Å²) in [5.74, 6) is -4.62. The topological polar surface area (TPSA) is 82.8 Å². The minimum absolute atomic E-state index is 0.0872. The predicted molar refractivity (Wildman–Crippen MR) is 104 cm³/mol. The van der Waals surface area contributed by atoms with Crippen molar-refractivity contribution >= 4 is 5.97 Å². The lowest BCUT2D eigenvalue weighted by atomic mass is 9.79. The number of halogens is 3. The Morgan fingerprint density at radius 2 is 1.94 bits per heavy atom. The molecule has 0 N–H and O–H groups in total. The Labute approximate surface area is 177 Å². The largest absolute Gasteiger partial charge is 0.451 e. The van der Waals surface area contributed by atoms with E-state index in [4.69, 9.17) is 4.74 Å². The number of esters is 1. The van der Waals surface area contributed by atoms with Gasteiger partial charge in [0.25, 0.3) is 0 Å². The number of hydrogen-bond acceptors (Lipinski definition) is 6. The van der Waals surface area contributed by atoms with Gasteiger partial charge in [-0.05, 0) is 18.6 Å². The smallest absolute Gasteiger partial charge is 0.309 e. The monoisotopic (exact) mass is 433 g/mol. The molecule has 7 nitrogen and oxygen atoms in total. The number of carbonyl (C=O) groups excluding carboxylic acids is 1. The van der Waals surface area contributed by atoms with Crippen molar-refractivity contribution in [2.45, 2.75) is 45.3 Å². The summed E-state index contributed by atoms with van der Waals surface area (Å²) in [6.07, 6.45) is 5.21. The number of benzene rings is 1. The van der Waals surface area contributed by atoms with Gasteiger partial charge in [0.15, 0.2) is 11.4 Å². The zero-order chi connectivity index (χ0) is 22.6. The highest BCUT2D eigenvalue weighted by atomic mass is 19.1. The molecule has 3 atom stereocenters. The second kappa shape index (κ2) is 9.23. The van der Waals surface area contributed by atoms with Crippen molar-refractivity contribution in [2.75, 3.05) is 0 Å². The summed E-state index contributed by atoms with van der Waals surface area (Å²) >= 11 is 0. The van der Waals surface area contributed by atoms with E-state index in [9.17, 15) is 13.6 Å². The number of hydrogen-bond donors (Lipinski definition) is 0. The van der Waals surface area contributed by atoms with Crippen LogP contribution in [-0.2, 0) is 21.7 Å². The summed E-state index contributed by atoms with van der Waals surface area (Å²) in [4.78, 5) is 24.4. The van der Waals surface area contributed by atoms with Crippen LogP contribution in [0.4, 0.5) is 13.2 Å². The van der Waals surface area contributed by atoms with Gasteiger partial charge in [0.2, 0.25) is 0 Å². The summed E-state index contributed by atoms with van der Waals surface area (Å²) in [6, 6.07) is 2.92. The van der Waals surface area contributed by atoms with Crippen molar-refractivity contribution in [3.05, 3.63) is 72.1 Å². The molecular weight excluding hydrogens is 411 g/mol. The Bertz CT molecular complexity index is 1050. The van der Waals surface area contributed by atoms with Crippen molar-refractivity contribution in [3.63, 3.8) is 0 Å². The zero-order valence-corrected chi connectivity index (χ0v) is 17.3. The van der Waals surface area contributed by atoms with Crippen molar-refractivity contribution in [1.29, 1.82) is 0 Å². The summed E-state index contributed by atoms with van der Waals surface area (Å²) in [6.45, 7) is 4.81. The molecule has 31 heavy (non-hydrogen) atoms. The van der Waals surface area contributed by atoms with Crippen LogP contribution >= 0.6 is 0 Å². The third-order valence-corrected chi connectivity index (χ3v) is 5.35. The number of aromatic nitrogens is 5. The minimum atomic E-state index is -1.80. The van der Waals surface area contributed by atoms with Crippen LogP contribution in [0.1, 0.15) is 44.4 Å². The van der Waals surface area contributed by atoms with E-state index in [2.05, 4.69) is 20.1 Å². The van der Waals surface area contributed by atoms with Crippen LogP contribution in [0.3, 0.4) is 0 Å². The number of rotatable bonds is 8. The summed E-state index contributed by atoms with van der Waals surface area (Å²) in [5.41, 5.74) is -2.02. The molecule has 2 heterocycles. The Balaban J connectivity index is 2.25. The maximum atomic E-state index is 15.1. The van der Waals surface area contributed by atoms with Gasteiger partial charge >= 0.3 is 5.97 Å². The number of carbonyl (C=O) groups is 1. The number of ether oxygens (including phenoxy) is 1. The molecule has 2 aromatic heterocycles. The molecule has 1 aromatic carbocycles. The maximum Gasteiger partial charge on any atom is 0.309 e. The quantitative estimate of drug-likeness (QED) is 0.503. The molecule has 164 valence electrons. The minimum Gasteiger partial charge on any atom is -0.451 e. The predicted octanol–water partition coefficient (Wildman–Crippen LogP) is 3.77. The van der Waals surface area contributed by atoms with Gasteiger partial charge in [-0.3, -0.25) is 4.79 Å². The Hall–Kier alpha value is -3.30. The normalized spacial score (nSPS) is 15.2. The molecule has 0 aliphatic rings. The lowest BCUT2D eigenvalue weighted by Gasteiger charge is -2.39. The maximum absolute atomic E-state index is 15.1. The van der Waals surface area contributed by atoms with Crippen LogP contribution in [0.25, 0.3) is 0 Å². The average Bonchev–Trinajstić information content (AvgIpc) is 3.25. The first-order valence-corrected chi connectivity index (χ1v) is 9.74. The van der Waals surface area contributed by atoms with Crippen LogP contribution in [-0.4, -0.2) is 30.7 Å². The first-order valence-electron chi connectivity index (χ1n) is 9.74. The standard InChI is InChI=1S/C21H22F3N5O2/c1-4-13(2)20(30)31-21(9-29-12-26-11-28-29,16-6-5-15(22)7-17(16)23)14(3)19-18(24)8-25-10-27-19/h5-8,10-14H,4,9H2,1-3H3/t13?,14?,21-/m1/s1. The second-order valence-electron chi connectivity index (χ2n) is 7.31. The summed E-state index contributed by atoms with van der Waals surface area (Å²) < 4.78 is 50.7. The van der Waals surface area contributed by atoms with Crippen LogP contribution in [0.15, 0.2) is 43.4 Å². The second-order valence-corrected chi connectivity index (χ2v) is 7.31. The van der Waals surface area contributed by atoms with Crippen molar-refractivity contribution < 1.29 is 22.7 Å². The molecule has 0 saturated heterocycles. The molecule has 0 radical (unpaired) electrons. The van der Waals surface area contributed by atoms with E-state index in [0.29, 0.717) is 12.5 Å². The van der Waals surface area contributed by atoms with Crippen LogP contribution in [0.5, 0.6) is 0 Å². The van der Waals surface area contributed by atoms with Gasteiger partial charge < -0.3 is 4.74 Å². The van der Waals surface area contributed by atoms with E-state index in [1.165, 1.54) is 23.4 Å². The third kappa shape index (κ3) is 4.57. The fraction of sp³-hybridized carbons (Fsp3) is 0.381. The lowest BCUT2D eigenvalue weighted by Crippen LogP contribution is -2.44. The van der Waals surface area contributed by atoms with Gasteiger partial charge in [-0.15, -0.1) is 0 Å². The van der Waals surface area contributed by atoms with Gasteiger partial charge in [0.1, 0.15) is 30.6 Å². The van der Waals surface area contributed by atoms with Crippen molar-refractivity contribution in [1.82, 2.24) is 24.7 Å². The van der Waals surface area contributed by atoms with E-state index in [1.807, 2.05) is 0 Å². The molecule has 3 aromatic rings. The molecule has 0 amide bonds. The van der Waals surface area contributed by atoms with E-state index < -0.39 is 40.9 Å². The van der Waals surface area contributed by atoms with E-state index >= 15 is 4.39 Å². The molecule has 0 fully saturated rings. The Morgan fingerprint density at radius 1 is 1.16 bits per heavy atom. The fourth-order valence-corrected chi connectivity index (χ4v) is 3.33. The van der Waals surface area contributed by atoms with E-state index in [1.54, 1.807) is 20.8 Å². The summed E-state index contributed by atoms with van der Waals surface area (Å²) in [7, 11) is 0. The van der Waals surface area contributed by atoms with E-state index in [0.717, 1.165) is 18.6 Å². The first-order chi connectivity index (χ1) is 14.8. The molecule has 3 rings (SSSR count). The van der Waals surface area contributed by atoms with Crippen LogP contribution in [0.2, 0.25) is 0 Å². The highest BCUT2D eigenvalue weighted by Crippen LogP contribution is 2.43. The van der Waals surface area contributed by atoms with Crippen LogP contribution in [0, 0.1) is 23.4 Å². The molecule has 0 aliphatic heterocycles. The highest BCUT2D eigenvalue weighted by molar-refractivity contribution is 5.72. The van der Waals surface area contributed by atoms with Crippen molar-refractivity contribution in [2.24, 2.45) is 5.92 Å². The molecule has 0 bridgehead atoms. The first kappa shape index (κ1) is 22.4. The third-order valence-electron chi connectivity index (χ3n) is 5.35. The van der Waals surface area contributed by atoms with Crippen LogP contribution < -0.4 is 0 Å². The molecule has 2 unspecified atom stereocenters. The van der Waals surface area contributed by atoms with Gasteiger partial charge in [-0.1, -0.05) is 20.8 Å². The molecule has 0 spiro atoms.